The van der Waals surface area contributed by atoms with Gasteiger partial charge in [-0.15, -0.1) is 22.9 Å². The van der Waals surface area contributed by atoms with Gasteiger partial charge in [-0.3, -0.25) is 0 Å². The first kappa shape index (κ1) is 9.47. The summed E-state index contributed by atoms with van der Waals surface area (Å²) < 4.78 is 0. The lowest BCUT2D eigenvalue weighted by molar-refractivity contribution is 0.446. The Hall–Kier alpha value is -0.0800. The lowest BCUT2D eigenvalue weighted by Gasteiger charge is -2.18. The van der Waals surface area contributed by atoms with Crippen LogP contribution in [0, 0.1) is 5.92 Å². The molecule has 1 aromatic heterocycles. The van der Waals surface area contributed by atoms with E-state index in [1.54, 1.807) is 0 Å². The molecule has 0 amide bonds. The number of aryl methyl sites for hydroxylation is 1. The summed E-state index contributed by atoms with van der Waals surface area (Å²) in [6.45, 7) is 2.28. The number of fused-ring (bicyclic) bond motifs is 1. The van der Waals surface area contributed by atoms with E-state index in [9.17, 15) is 0 Å². The summed E-state index contributed by atoms with van der Waals surface area (Å²) in [6.07, 6.45) is 5.02. The Kier molecular flexibility index (Phi) is 2.89. The highest BCUT2D eigenvalue weighted by Crippen LogP contribution is 2.31. The van der Waals surface area contributed by atoms with Gasteiger partial charge in [0.1, 0.15) is 5.01 Å². The molecule has 72 valence electrons. The molecule has 2 rings (SSSR count). The molecule has 0 aliphatic heterocycles. The summed E-state index contributed by atoms with van der Waals surface area (Å²) in [5, 5.41) is 1.10. The summed E-state index contributed by atoms with van der Waals surface area (Å²) in [4.78, 5) is 6.02. The zero-order valence-electron chi connectivity index (χ0n) is 7.85. The Bertz CT molecular complexity index is 295. The van der Waals surface area contributed by atoms with E-state index in [2.05, 4.69) is 11.9 Å². The third-order valence-electron chi connectivity index (χ3n) is 2.78. The van der Waals surface area contributed by atoms with E-state index in [4.69, 9.17) is 11.6 Å². The van der Waals surface area contributed by atoms with Crippen LogP contribution in [0.25, 0.3) is 0 Å². The maximum Gasteiger partial charge on any atom is 0.108 e. The first-order valence-corrected chi connectivity index (χ1v) is 6.22. The van der Waals surface area contributed by atoms with E-state index in [1.165, 1.54) is 36.3 Å². The SMILES string of the molecule is CCC1CCc2nc(CCl)sc2C1. The minimum Gasteiger partial charge on any atom is -0.245 e. The highest BCUT2D eigenvalue weighted by atomic mass is 35.5. The van der Waals surface area contributed by atoms with Gasteiger partial charge in [0, 0.05) is 4.88 Å². The molecular formula is C10H14ClNS. The number of alkyl halides is 1. The molecule has 1 unspecified atom stereocenters. The van der Waals surface area contributed by atoms with E-state index < -0.39 is 0 Å². The third kappa shape index (κ3) is 1.89. The molecule has 0 bridgehead atoms. The second kappa shape index (κ2) is 3.97. The standard InChI is InChI=1S/C10H14ClNS/c1-2-7-3-4-8-9(5-7)13-10(6-11)12-8/h7H,2-6H2,1H3. The topological polar surface area (TPSA) is 12.9 Å². The molecule has 1 aromatic rings. The summed E-state index contributed by atoms with van der Waals surface area (Å²) in [6, 6.07) is 0. The van der Waals surface area contributed by atoms with Gasteiger partial charge in [-0.05, 0) is 25.2 Å². The zero-order chi connectivity index (χ0) is 9.26. The lowest BCUT2D eigenvalue weighted by Crippen LogP contribution is -2.11. The highest BCUT2D eigenvalue weighted by Gasteiger charge is 2.20. The molecule has 3 heteroatoms. The van der Waals surface area contributed by atoms with Crippen molar-refractivity contribution in [2.45, 2.75) is 38.5 Å². The smallest absolute Gasteiger partial charge is 0.108 e. The van der Waals surface area contributed by atoms with Crippen molar-refractivity contribution in [2.24, 2.45) is 5.92 Å². The fraction of sp³-hybridized carbons (Fsp3) is 0.700. The fourth-order valence-corrected chi connectivity index (χ4v) is 3.21. The molecule has 0 spiro atoms. The number of hydrogen-bond acceptors (Lipinski definition) is 2. The number of nitrogens with zero attached hydrogens (tertiary/aromatic N) is 1. The van der Waals surface area contributed by atoms with Crippen LogP contribution in [0.5, 0.6) is 0 Å². The van der Waals surface area contributed by atoms with E-state index in [1.807, 2.05) is 11.3 Å². The van der Waals surface area contributed by atoms with Crippen molar-refractivity contribution in [3.05, 3.63) is 15.6 Å². The molecule has 1 nitrogen and oxygen atoms in total. The average Bonchev–Trinajstić information content (AvgIpc) is 2.58. The van der Waals surface area contributed by atoms with Gasteiger partial charge in [0.25, 0.3) is 0 Å². The Morgan fingerprint density at radius 1 is 1.62 bits per heavy atom. The van der Waals surface area contributed by atoms with Gasteiger partial charge in [0.05, 0.1) is 11.6 Å². The number of halogens is 1. The van der Waals surface area contributed by atoms with Gasteiger partial charge in [0.15, 0.2) is 0 Å². The normalized spacial score (nSPS) is 21.5. The van der Waals surface area contributed by atoms with Crippen LogP contribution in [0.1, 0.15) is 35.3 Å². The summed E-state index contributed by atoms with van der Waals surface area (Å²) in [5.41, 5.74) is 1.32. The van der Waals surface area contributed by atoms with Gasteiger partial charge >= 0.3 is 0 Å². The van der Waals surface area contributed by atoms with Gasteiger partial charge in [-0.1, -0.05) is 13.3 Å². The Morgan fingerprint density at radius 3 is 3.15 bits per heavy atom. The van der Waals surface area contributed by atoms with Crippen LogP contribution in [0.4, 0.5) is 0 Å². The van der Waals surface area contributed by atoms with Crippen LogP contribution < -0.4 is 0 Å². The molecule has 0 aromatic carbocycles. The summed E-state index contributed by atoms with van der Waals surface area (Å²) >= 11 is 7.58. The van der Waals surface area contributed by atoms with E-state index in [0.717, 1.165) is 10.9 Å². The maximum atomic E-state index is 5.76. The largest absolute Gasteiger partial charge is 0.245 e. The van der Waals surface area contributed by atoms with Crippen molar-refractivity contribution < 1.29 is 0 Å². The predicted molar refractivity (Wildman–Crippen MR) is 57.5 cm³/mol. The summed E-state index contributed by atoms with van der Waals surface area (Å²) in [7, 11) is 0. The van der Waals surface area contributed by atoms with E-state index in [-0.39, 0.29) is 0 Å². The maximum absolute atomic E-state index is 5.76. The molecule has 13 heavy (non-hydrogen) atoms. The number of thiazole rings is 1. The Labute approximate surface area is 88.1 Å². The molecule has 1 aliphatic carbocycles. The van der Waals surface area contributed by atoms with Gasteiger partial charge in [0.2, 0.25) is 0 Å². The highest BCUT2D eigenvalue weighted by molar-refractivity contribution is 7.12. The number of hydrogen-bond donors (Lipinski definition) is 0. The molecule has 1 aliphatic rings. The van der Waals surface area contributed by atoms with Crippen molar-refractivity contribution in [1.82, 2.24) is 4.98 Å². The van der Waals surface area contributed by atoms with Crippen LogP contribution in [-0.2, 0) is 18.7 Å². The second-order valence-corrected chi connectivity index (χ2v) is 5.06. The van der Waals surface area contributed by atoms with Crippen LogP contribution in [0.3, 0.4) is 0 Å². The quantitative estimate of drug-likeness (QED) is 0.690. The monoisotopic (exact) mass is 215 g/mol. The van der Waals surface area contributed by atoms with E-state index in [0.29, 0.717) is 5.88 Å². The van der Waals surface area contributed by atoms with Crippen LogP contribution in [0.2, 0.25) is 0 Å². The van der Waals surface area contributed by atoms with Crippen LogP contribution in [-0.4, -0.2) is 4.98 Å². The molecule has 0 radical (unpaired) electrons. The number of aromatic nitrogens is 1. The molecule has 0 fully saturated rings. The van der Waals surface area contributed by atoms with Gasteiger partial charge in [-0.2, -0.15) is 0 Å². The van der Waals surface area contributed by atoms with Crippen molar-refractivity contribution in [3.63, 3.8) is 0 Å². The van der Waals surface area contributed by atoms with Crippen molar-refractivity contribution in [1.29, 1.82) is 0 Å². The minimum absolute atomic E-state index is 0.578. The van der Waals surface area contributed by atoms with Crippen molar-refractivity contribution >= 4 is 22.9 Å². The lowest BCUT2D eigenvalue weighted by atomic mass is 9.89. The molecular weight excluding hydrogens is 202 g/mol. The minimum atomic E-state index is 0.578. The first-order valence-electron chi connectivity index (χ1n) is 4.87. The van der Waals surface area contributed by atoms with Crippen molar-refractivity contribution in [3.8, 4) is 0 Å². The fourth-order valence-electron chi connectivity index (χ4n) is 1.90. The molecule has 1 heterocycles. The molecule has 1 atom stereocenters. The first-order chi connectivity index (χ1) is 6.33. The van der Waals surface area contributed by atoms with E-state index >= 15 is 0 Å². The Balaban J connectivity index is 2.19. The second-order valence-electron chi connectivity index (χ2n) is 3.63. The molecule has 0 saturated heterocycles. The predicted octanol–water partition coefficient (Wildman–Crippen LogP) is 3.40. The third-order valence-corrected chi connectivity index (χ3v) is 4.31. The summed E-state index contributed by atoms with van der Waals surface area (Å²) in [5.74, 6) is 1.46. The number of rotatable bonds is 2. The van der Waals surface area contributed by atoms with Gasteiger partial charge in [-0.25, -0.2) is 4.98 Å². The molecule has 0 N–H and O–H groups in total. The Morgan fingerprint density at radius 2 is 2.46 bits per heavy atom. The van der Waals surface area contributed by atoms with Crippen LogP contribution >= 0.6 is 22.9 Å². The molecule has 0 saturated carbocycles. The van der Waals surface area contributed by atoms with Crippen LogP contribution in [0.15, 0.2) is 0 Å². The zero-order valence-corrected chi connectivity index (χ0v) is 9.42. The average molecular weight is 216 g/mol. The van der Waals surface area contributed by atoms with Crippen molar-refractivity contribution in [2.75, 3.05) is 0 Å². The van der Waals surface area contributed by atoms with Gasteiger partial charge < -0.3 is 0 Å².